The van der Waals surface area contributed by atoms with E-state index < -0.39 is 17.1 Å². The zero-order valence-electron chi connectivity index (χ0n) is 17.4. The number of carbonyl (C=O) groups is 1. The Morgan fingerprint density at radius 2 is 1.36 bits per heavy atom. The van der Waals surface area contributed by atoms with Crippen LogP contribution in [0.5, 0.6) is 0 Å². The molecule has 0 aromatic rings. The molecule has 0 N–H and O–H groups in total. The molecule has 1 aliphatic rings. The van der Waals surface area contributed by atoms with Crippen LogP contribution in [0.25, 0.3) is 0 Å². The largest absolute Gasteiger partial charge is 0.518 e. The molecule has 0 aromatic heterocycles. The van der Waals surface area contributed by atoms with Crippen molar-refractivity contribution in [2.75, 3.05) is 21.3 Å². The first-order chi connectivity index (χ1) is 11.7. The van der Waals surface area contributed by atoms with Crippen molar-refractivity contribution < 1.29 is 22.5 Å². The summed E-state index contributed by atoms with van der Waals surface area (Å²) in [6.45, 7) is 10.8. The minimum Gasteiger partial charge on any atom is -0.518 e. The first-order valence-electron chi connectivity index (χ1n) is 9.57. The summed E-state index contributed by atoms with van der Waals surface area (Å²) in [5.41, 5.74) is 1.42. The van der Waals surface area contributed by atoms with Gasteiger partial charge in [-0.2, -0.15) is 0 Å². The molecule has 0 saturated heterocycles. The maximum atomic E-state index is 13.0. The van der Waals surface area contributed by atoms with Crippen molar-refractivity contribution in [3.05, 3.63) is 0 Å². The summed E-state index contributed by atoms with van der Waals surface area (Å²) in [5.74, 6) is -0.402. The third kappa shape index (κ3) is 4.94. The van der Waals surface area contributed by atoms with Gasteiger partial charge in [0.05, 0.1) is 5.92 Å². The standard InChI is InChI=1S/C18H38O5Si2/c1-14(2)25(15(3)4,17-11-9-10-12-17)23-18(19)16(5)13-24(20-6,21-7)22-8/h14-17H,9-13H2,1-8H3. The highest BCUT2D eigenvalue weighted by atomic mass is 28.4. The second-order valence-electron chi connectivity index (χ2n) is 7.97. The minimum atomic E-state index is -2.79. The van der Waals surface area contributed by atoms with Gasteiger partial charge in [0.25, 0.3) is 14.3 Å². The van der Waals surface area contributed by atoms with Crippen LogP contribution in [0, 0.1) is 5.92 Å². The molecule has 7 heteroatoms. The Morgan fingerprint density at radius 1 is 0.920 bits per heavy atom. The SMILES string of the molecule is CO[Si](CC(C)C(=O)O[Si](C(C)C)(C(C)C)C1CCCC1)(OC)OC. The minimum absolute atomic E-state index is 0.107. The van der Waals surface area contributed by atoms with Gasteiger partial charge in [-0.15, -0.1) is 0 Å². The van der Waals surface area contributed by atoms with Gasteiger partial charge in [-0.05, 0) is 29.5 Å². The summed E-state index contributed by atoms with van der Waals surface area (Å²) in [6.07, 6.45) is 4.94. The number of rotatable bonds is 10. The average molecular weight is 391 g/mol. The van der Waals surface area contributed by atoms with Crippen molar-refractivity contribution in [1.82, 2.24) is 0 Å². The Morgan fingerprint density at radius 3 is 1.72 bits per heavy atom. The summed E-state index contributed by atoms with van der Waals surface area (Å²) >= 11 is 0. The summed E-state index contributed by atoms with van der Waals surface area (Å²) in [6, 6.07) is 0.445. The third-order valence-electron chi connectivity index (χ3n) is 5.97. The smallest absolute Gasteiger partial charge is 0.501 e. The van der Waals surface area contributed by atoms with Gasteiger partial charge in [0.1, 0.15) is 0 Å². The van der Waals surface area contributed by atoms with Crippen molar-refractivity contribution >= 4 is 23.1 Å². The van der Waals surface area contributed by atoms with Crippen LogP contribution in [-0.4, -0.2) is 44.4 Å². The first-order valence-corrected chi connectivity index (χ1v) is 13.6. The summed E-state index contributed by atoms with van der Waals surface area (Å²) in [4.78, 5) is 13.0. The molecule has 1 atom stereocenters. The lowest BCUT2D eigenvalue weighted by Crippen LogP contribution is -2.52. The van der Waals surface area contributed by atoms with E-state index in [1.54, 1.807) is 21.3 Å². The molecule has 1 unspecified atom stereocenters. The van der Waals surface area contributed by atoms with E-state index in [2.05, 4.69) is 27.7 Å². The van der Waals surface area contributed by atoms with E-state index in [0.29, 0.717) is 22.7 Å². The molecule has 0 aromatic carbocycles. The molecule has 0 aliphatic heterocycles. The quantitative estimate of drug-likeness (QED) is 0.504. The molecule has 0 heterocycles. The van der Waals surface area contributed by atoms with Gasteiger partial charge in [0.15, 0.2) is 0 Å². The Kier molecular flexibility index (Phi) is 8.80. The van der Waals surface area contributed by atoms with Gasteiger partial charge >= 0.3 is 8.80 Å². The fourth-order valence-corrected chi connectivity index (χ4v) is 12.2. The monoisotopic (exact) mass is 390 g/mol. The van der Waals surface area contributed by atoms with E-state index in [1.165, 1.54) is 25.7 Å². The molecular weight excluding hydrogens is 352 g/mol. The Hall–Kier alpha value is -0.216. The summed E-state index contributed by atoms with van der Waals surface area (Å²) in [7, 11) is -0.254. The van der Waals surface area contributed by atoms with E-state index in [1.807, 2.05) is 6.92 Å². The highest BCUT2D eigenvalue weighted by Gasteiger charge is 2.53. The Balaban J connectivity index is 2.98. The molecule has 25 heavy (non-hydrogen) atoms. The zero-order valence-corrected chi connectivity index (χ0v) is 19.4. The number of carbonyl (C=O) groups excluding carboxylic acids is 1. The molecule has 1 rings (SSSR count). The molecule has 1 aliphatic carbocycles. The summed E-state index contributed by atoms with van der Waals surface area (Å²) in [5, 5.41) is 0. The van der Waals surface area contributed by atoms with Gasteiger partial charge < -0.3 is 17.7 Å². The van der Waals surface area contributed by atoms with Gasteiger partial charge in [0.2, 0.25) is 0 Å². The molecule has 5 nitrogen and oxygen atoms in total. The van der Waals surface area contributed by atoms with Crippen LogP contribution in [-0.2, 0) is 22.5 Å². The molecule has 0 bridgehead atoms. The fraction of sp³-hybridized carbons (Fsp3) is 0.944. The maximum absolute atomic E-state index is 13.0. The molecule has 0 amide bonds. The van der Waals surface area contributed by atoms with Gasteiger partial charge in [-0.1, -0.05) is 47.5 Å². The van der Waals surface area contributed by atoms with Crippen LogP contribution in [0.1, 0.15) is 60.3 Å². The predicted octanol–water partition coefficient (Wildman–Crippen LogP) is 4.75. The van der Waals surface area contributed by atoms with Crippen LogP contribution in [0.2, 0.25) is 22.7 Å². The van der Waals surface area contributed by atoms with Crippen molar-refractivity contribution in [3.8, 4) is 0 Å². The Bertz CT molecular complexity index is 401. The topological polar surface area (TPSA) is 54.0 Å². The fourth-order valence-electron chi connectivity index (χ4n) is 4.54. The first kappa shape index (κ1) is 22.8. The number of hydrogen-bond acceptors (Lipinski definition) is 5. The second-order valence-corrected chi connectivity index (χ2v) is 16.0. The normalized spacial score (nSPS) is 18.2. The zero-order chi connectivity index (χ0) is 19.3. The highest BCUT2D eigenvalue weighted by Crippen LogP contribution is 2.50. The lowest BCUT2D eigenvalue weighted by molar-refractivity contribution is -0.139. The van der Waals surface area contributed by atoms with Gasteiger partial charge in [0, 0.05) is 27.4 Å². The van der Waals surface area contributed by atoms with Crippen LogP contribution < -0.4 is 0 Å². The van der Waals surface area contributed by atoms with E-state index in [4.69, 9.17) is 17.7 Å². The summed E-state index contributed by atoms with van der Waals surface area (Å²) < 4.78 is 22.9. The van der Waals surface area contributed by atoms with Crippen LogP contribution in [0.3, 0.4) is 0 Å². The van der Waals surface area contributed by atoms with E-state index in [-0.39, 0.29) is 11.9 Å². The van der Waals surface area contributed by atoms with Crippen LogP contribution in [0.15, 0.2) is 0 Å². The predicted molar refractivity (Wildman–Crippen MR) is 105 cm³/mol. The van der Waals surface area contributed by atoms with Crippen molar-refractivity contribution in [3.63, 3.8) is 0 Å². The molecule has 0 spiro atoms. The average Bonchev–Trinajstić information content (AvgIpc) is 3.11. The molecular formula is C18H38O5Si2. The Labute approximate surface area is 156 Å². The van der Waals surface area contributed by atoms with Crippen molar-refractivity contribution in [1.29, 1.82) is 0 Å². The van der Waals surface area contributed by atoms with Crippen molar-refractivity contribution in [2.45, 2.75) is 83.0 Å². The highest BCUT2D eigenvalue weighted by molar-refractivity contribution is 6.79. The van der Waals surface area contributed by atoms with E-state index in [0.717, 1.165) is 0 Å². The lowest BCUT2D eigenvalue weighted by atomic mass is 10.2. The van der Waals surface area contributed by atoms with Crippen molar-refractivity contribution in [2.24, 2.45) is 5.92 Å². The second kappa shape index (κ2) is 9.64. The number of hydrogen-bond donors (Lipinski definition) is 0. The van der Waals surface area contributed by atoms with E-state index in [9.17, 15) is 4.79 Å². The van der Waals surface area contributed by atoms with Gasteiger partial charge in [-0.25, -0.2) is 0 Å². The van der Waals surface area contributed by atoms with E-state index >= 15 is 0 Å². The lowest BCUT2D eigenvalue weighted by Gasteiger charge is -2.43. The molecule has 1 saturated carbocycles. The molecule has 1 fully saturated rings. The van der Waals surface area contributed by atoms with Crippen LogP contribution in [0.4, 0.5) is 0 Å². The van der Waals surface area contributed by atoms with Crippen LogP contribution >= 0.6 is 0 Å². The third-order valence-corrected chi connectivity index (χ3v) is 15.0. The van der Waals surface area contributed by atoms with Gasteiger partial charge in [-0.3, -0.25) is 4.79 Å². The maximum Gasteiger partial charge on any atom is 0.501 e. The molecule has 148 valence electrons. The molecule has 0 radical (unpaired) electrons.